The highest BCUT2D eigenvalue weighted by atomic mass is 32.1. The number of aromatic amines is 1. The topological polar surface area (TPSA) is 58.9 Å². The molecule has 0 unspecified atom stereocenters. The lowest BCUT2D eigenvalue weighted by Crippen LogP contribution is -2.05. The summed E-state index contributed by atoms with van der Waals surface area (Å²) in [6.45, 7) is 4.28. The zero-order chi connectivity index (χ0) is 13.7. The molecule has 6 heteroatoms. The number of rotatable bonds is 5. The summed E-state index contributed by atoms with van der Waals surface area (Å²) in [4.78, 5) is 4.05. The highest BCUT2D eigenvalue weighted by Gasteiger charge is 2.14. The molecule has 5 nitrogen and oxygen atoms in total. The van der Waals surface area contributed by atoms with Gasteiger partial charge in [0.15, 0.2) is 5.82 Å². The van der Waals surface area contributed by atoms with Gasteiger partial charge in [0.05, 0.1) is 6.21 Å². The lowest BCUT2D eigenvalue weighted by molar-refractivity contribution is 0.571. The van der Waals surface area contributed by atoms with E-state index >= 15 is 0 Å². The molecule has 0 amide bonds. The number of hydrogen-bond acceptors (Lipinski definition) is 4. The summed E-state index contributed by atoms with van der Waals surface area (Å²) in [7, 11) is 0. The Morgan fingerprint density at radius 2 is 2.26 bits per heavy atom. The Bertz CT molecular complexity index is 595. The molecule has 1 N–H and O–H groups in total. The Balaban J connectivity index is 2.32. The van der Waals surface area contributed by atoms with Crippen LogP contribution in [0.5, 0.6) is 0 Å². The van der Waals surface area contributed by atoms with Crippen LogP contribution in [0.3, 0.4) is 0 Å². The minimum atomic E-state index is 0.360. The Labute approximate surface area is 117 Å². The molecule has 0 aliphatic rings. The normalized spacial score (nSPS) is 11.5. The van der Waals surface area contributed by atoms with Crippen molar-refractivity contribution in [1.29, 1.82) is 0 Å². The number of aromatic nitrogens is 4. The van der Waals surface area contributed by atoms with Crippen molar-refractivity contribution in [3.8, 4) is 0 Å². The Hall–Kier alpha value is -1.82. The summed E-state index contributed by atoms with van der Waals surface area (Å²) in [5.41, 5.74) is 0.932. The average Bonchev–Trinajstić information content (AvgIpc) is 2.81. The molecular formula is C13H17N5S. The van der Waals surface area contributed by atoms with E-state index in [1.807, 2.05) is 12.1 Å². The minimum absolute atomic E-state index is 0.360. The van der Waals surface area contributed by atoms with Gasteiger partial charge in [0.1, 0.15) is 0 Å². The van der Waals surface area contributed by atoms with Gasteiger partial charge in [0.25, 0.3) is 0 Å². The zero-order valence-corrected chi connectivity index (χ0v) is 11.9. The summed E-state index contributed by atoms with van der Waals surface area (Å²) in [5, 5.41) is 11.5. The number of nitrogens with one attached hydrogen (secondary N) is 1. The van der Waals surface area contributed by atoms with Crippen LogP contribution in [0, 0.1) is 4.77 Å². The maximum Gasteiger partial charge on any atom is 0.216 e. The molecule has 2 aromatic rings. The third kappa shape index (κ3) is 3.14. The van der Waals surface area contributed by atoms with Gasteiger partial charge < -0.3 is 0 Å². The summed E-state index contributed by atoms with van der Waals surface area (Å²) in [6.07, 6.45) is 7.25. The molecule has 0 fully saturated rings. The second kappa shape index (κ2) is 6.38. The Kier molecular flexibility index (Phi) is 4.57. The van der Waals surface area contributed by atoms with Crippen molar-refractivity contribution in [1.82, 2.24) is 19.9 Å². The first kappa shape index (κ1) is 13.6. The van der Waals surface area contributed by atoms with Crippen molar-refractivity contribution in [2.24, 2.45) is 5.10 Å². The van der Waals surface area contributed by atoms with Gasteiger partial charge in [-0.1, -0.05) is 19.9 Å². The third-order valence-corrected chi connectivity index (χ3v) is 3.30. The predicted molar refractivity (Wildman–Crippen MR) is 78.0 cm³/mol. The fourth-order valence-electron chi connectivity index (χ4n) is 1.91. The van der Waals surface area contributed by atoms with Gasteiger partial charge in [-0.25, -0.2) is 0 Å². The first-order chi connectivity index (χ1) is 9.26. The van der Waals surface area contributed by atoms with Crippen molar-refractivity contribution in [2.75, 3.05) is 0 Å². The predicted octanol–water partition coefficient (Wildman–Crippen LogP) is 3.12. The smallest absolute Gasteiger partial charge is 0.216 e. The van der Waals surface area contributed by atoms with Gasteiger partial charge in [0.2, 0.25) is 4.77 Å². The highest BCUT2D eigenvalue weighted by Crippen LogP contribution is 2.20. The molecule has 2 aromatic heterocycles. The second-order valence-corrected chi connectivity index (χ2v) is 4.63. The third-order valence-electron chi connectivity index (χ3n) is 3.03. The number of pyridine rings is 1. The van der Waals surface area contributed by atoms with Crippen LogP contribution in [-0.4, -0.2) is 26.1 Å². The highest BCUT2D eigenvalue weighted by molar-refractivity contribution is 7.71. The maximum atomic E-state index is 5.22. The molecule has 0 spiro atoms. The summed E-state index contributed by atoms with van der Waals surface area (Å²) >= 11 is 5.22. The van der Waals surface area contributed by atoms with E-state index in [-0.39, 0.29) is 0 Å². The van der Waals surface area contributed by atoms with Crippen LogP contribution in [-0.2, 0) is 0 Å². The van der Waals surface area contributed by atoms with Crippen LogP contribution in [0.15, 0.2) is 29.6 Å². The number of nitrogens with zero attached hydrogens (tertiary/aromatic N) is 4. The van der Waals surface area contributed by atoms with Crippen molar-refractivity contribution < 1.29 is 0 Å². The van der Waals surface area contributed by atoms with Crippen LogP contribution in [0.2, 0.25) is 0 Å². The summed E-state index contributed by atoms with van der Waals surface area (Å²) < 4.78 is 2.21. The van der Waals surface area contributed by atoms with E-state index in [2.05, 4.69) is 34.1 Å². The van der Waals surface area contributed by atoms with Crippen molar-refractivity contribution in [3.63, 3.8) is 0 Å². The summed E-state index contributed by atoms with van der Waals surface area (Å²) in [5.74, 6) is 1.24. The van der Waals surface area contributed by atoms with Crippen LogP contribution < -0.4 is 0 Å². The van der Waals surface area contributed by atoms with Gasteiger partial charge in [-0.2, -0.15) is 14.9 Å². The quantitative estimate of drug-likeness (QED) is 0.673. The van der Waals surface area contributed by atoms with Gasteiger partial charge in [-0.15, -0.1) is 0 Å². The monoisotopic (exact) mass is 275 g/mol. The maximum absolute atomic E-state index is 5.22. The fraction of sp³-hybridized carbons (Fsp3) is 0.385. The van der Waals surface area contributed by atoms with E-state index in [0.717, 1.165) is 24.2 Å². The standard InChI is InChI=1S/C13H17N5S/c1-3-11(4-2)12-16-17-13(19)18(12)15-9-10-6-5-7-14-8-10/h5-9,11H,3-4H2,1-2H3,(H,17,19)/b15-9-. The van der Waals surface area contributed by atoms with Crippen molar-refractivity contribution in [3.05, 3.63) is 40.7 Å². The van der Waals surface area contributed by atoms with Crippen LogP contribution in [0.1, 0.15) is 44.0 Å². The number of hydrogen-bond donors (Lipinski definition) is 1. The first-order valence-electron chi connectivity index (χ1n) is 6.38. The van der Waals surface area contributed by atoms with E-state index in [0.29, 0.717) is 10.7 Å². The molecule has 0 aliphatic carbocycles. The average molecular weight is 275 g/mol. The molecule has 2 rings (SSSR count). The molecule has 0 atom stereocenters. The molecule has 19 heavy (non-hydrogen) atoms. The molecule has 0 bridgehead atoms. The van der Waals surface area contributed by atoms with Crippen molar-refractivity contribution >= 4 is 18.4 Å². The van der Waals surface area contributed by atoms with E-state index in [1.165, 1.54) is 0 Å². The molecule has 100 valence electrons. The van der Waals surface area contributed by atoms with E-state index in [4.69, 9.17) is 12.2 Å². The number of H-pyrrole nitrogens is 1. The second-order valence-electron chi connectivity index (χ2n) is 4.24. The lowest BCUT2D eigenvalue weighted by Gasteiger charge is -2.10. The van der Waals surface area contributed by atoms with Gasteiger partial charge >= 0.3 is 0 Å². The molecule has 0 radical (unpaired) electrons. The van der Waals surface area contributed by atoms with Crippen LogP contribution in [0.4, 0.5) is 0 Å². The van der Waals surface area contributed by atoms with Gasteiger partial charge in [0, 0.05) is 23.9 Å². The van der Waals surface area contributed by atoms with Crippen LogP contribution >= 0.6 is 12.2 Å². The van der Waals surface area contributed by atoms with E-state index in [9.17, 15) is 0 Å². The van der Waals surface area contributed by atoms with Crippen LogP contribution in [0.25, 0.3) is 0 Å². The Morgan fingerprint density at radius 1 is 1.47 bits per heavy atom. The molecule has 0 saturated heterocycles. The molecule has 0 saturated carbocycles. The largest absolute Gasteiger partial charge is 0.264 e. The minimum Gasteiger partial charge on any atom is -0.264 e. The van der Waals surface area contributed by atoms with Gasteiger partial charge in [-0.3, -0.25) is 10.1 Å². The lowest BCUT2D eigenvalue weighted by atomic mass is 10.0. The molecular weight excluding hydrogens is 258 g/mol. The molecule has 2 heterocycles. The zero-order valence-electron chi connectivity index (χ0n) is 11.1. The fourth-order valence-corrected chi connectivity index (χ4v) is 2.10. The first-order valence-corrected chi connectivity index (χ1v) is 6.78. The Morgan fingerprint density at radius 3 is 2.89 bits per heavy atom. The van der Waals surface area contributed by atoms with Crippen molar-refractivity contribution in [2.45, 2.75) is 32.6 Å². The van der Waals surface area contributed by atoms with Gasteiger partial charge in [-0.05, 0) is 31.1 Å². The van der Waals surface area contributed by atoms with E-state index in [1.54, 1.807) is 23.3 Å². The summed E-state index contributed by atoms with van der Waals surface area (Å²) in [6, 6.07) is 3.81. The molecule has 0 aliphatic heterocycles. The van der Waals surface area contributed by atoms with E-state index < -0.39 is 0 Å². The SMILES string of the molecule is CCC(CC)c1n[nH]c(=S)n1/N=C\c1cccnc1. The molecule has 0 aromatic carbocycles.